The number of carbonyl (C=O) groups is 4. The highest BCUT2D eigenvalue weighted by Crippen LogP contribution is 2.64. The topological polar surface area (TPSA) is 119 Å². The maximum absolute atomic E-state index is 15.4. The molecule has 0 aromatic heterocycles. The molecule has 12 heteroatoms. The second-order valence-corrected chi connectivity index (χ2v) is 16.7. The van der Waals surface area contributed by atoms with Crippen molar-refractivity contribution in [2.45, 2.75) is 49.6 Å². The molecule has 5 aliphatic rings. The van der Waals surface area contributed by atoms with Gasteiger partial charge in [0.1, 0.15) is 11.5 Å². The number of hydrogen-bond acceptors (Lipinski definition) is 8. The summed E-state index contributed by atoms with van der Waals surface area (Å²) in [4.78, 5) is 63.5. The van der Waals surface area contributed by atoms with Crippen LogP contribution < -0.4 is 10.2 Å². The fourth-order valence-electron chi connectivity index (χ4n) is 10.4. The van der Waals surface area contributed by atoms with Crippen molar-refractivity contribution in [2.75, 3.05) is 25.6 Å². The number of likely N-dealkylation sites (tertiary alicyclic amines) is 2. The Morgan fingerprint density at radius 2 is 1.56 bits per heavy atom. The van der Waals surface area contributed by atoms with Crippen LogP contribution in [-0.4, -0.2) is 69.8 Å². The van der Waals surface area contributed by atoms with Crippen LogP contribution in [0, 0.1) is 23.7 Å². The molecule has 3 aliphatic heterocycles. The number of anilines is 1. The number of benzene rings is 4. The molecular weight excluding hydrogens is 763 g/mol. The van der Waals surface area contributed by atoms with Gasteiger partial charge in [-0.05, 0) is 90.8 Å². The van der Waals surface area contributed by atoms with Crippen molar-refractivity contribution in [2.24, 2.45) is 23.7 Å². The molecule has 6 atom stereocenters. The number of allylic oxidation sites excluding steroid dienone is 2. The molecule has 0 spiro atoms. The number of piperidine rings is 1. The molecule has 292 valence electrons. The second kappa shape index (κ2) is 14.7. The van der Waals surface area contributed by atoms with Gasteiger partial charge in [-0.2, -0.15) is 5.01 Å². The van der Waals surface area contributed by atoms with Crippen molar-refractivity contribution >= 4 is 52.5 Å². The van der Waals surface area contributed by atoms with Crippen LogP contribution in [-0.2, 0) is 31.1 Å². The van der Waals surface area contributed by atoms with E-state index >= 15 is 4.79 Å². The lowest BCUT2D eigenvalue weighted by atomic mass is 9.49. The Labute approximate surface area is 341 Å². The third-order valence-electron chi connectivity index (χ3n) is 13.0. The van der Waals surface area contributed by atoms with Gasteiger partial charge in [-0.3, -0.25) is 34.4 Å². The van der Waals surface area contributed by atoms with E-state index in [4.69, 9.17) is 27.9 Å². The van der Waals surface area contributed by atoms with Crippen LogP contribution in [0.5, 0.6) is 11.5 Å². The smallest absolute Gasteiger partial charge is 0.260 e. The lowest BCUT2D eigenvalue weighted by Gasteiger charge is -2.50. The summed E-state index contributed by atoms with van der Waals surface area (Å²) < 4.78 is 5.49. The Hall–Kier alpha value is -5.16. The third-order valence-corrected chi connectivity index (χ3v) is 13.6. The molecule has 0 unspecified atom stereocenters. The van der Waals surface area contributed by atoms with E-state index in [9.17, 15) is 19.5 Å². The standard InChI is InChI=1S/C45H42Cl2N4O6/c1-57-32-14-9-28(10-15-32)45-36(42(54)51(44(45)56)48-38-18-11-29(46)23-37(38)47)24-35-33(40(45)27-7-12-31(52)13-8-27)16-17-34-39(35)43(55)50(41(34)53)30-19-21-49(22-20-30)25-26-5-3-2-4-6-26/h2-16,18,23,30,34-36,39-40,48,52H,17,19-22,24-25H2,1H3/t34-,35+,36-,39-,40-,45+/m0/s1. The van der Waals surface area contributed by atoms with Crippen molar-refractivity contribution in [1.82, 2.24) is 14.8 Å². The quantitative estimate of drug-likeness (QED) is 0.140. The van der Waals surface area contributed by atoms with Gasteiger partial charge in [0.05, 0.1) is 41.0 Å². The molecule has 1 saturated carbocycles. The molecule has 4 aromatic rings. The lowest BCUT2D eigenvalue weighted by molar-refractivity contribution is -0.144. The summed E-state index contributed by atoms with van der Waals surface area (Å²) in [6, 6.07) is 28.7. The minimum atomic E-state index is -1.47. The van der Waals surface area contributed by atoms with Crippen LogP contribution in [0.25, 0.3) is 0 Å². The lowest BCUT2D eigenvalue weighted by Crippen LogP contribution is -2.53. The predicted octanol–water partition coefficient (Wildman–Crippen LogP) is 7.36. The summed E-state index contributed by atoms with van der Waals surface area (Å²) >= 11 is 12.8. The highest BCUT2D eigenvalue weighted by molar-refractivity contribution is 6.36. The van der Waals surface area contributed by atoms with Crippen LogP contribution >= 0.6 is 23.2 Å². The van der Waals surface area contributed by atoms with E-state index in [0.29, 0.717) is 46.8 Å². The summed E-state index contributed by atoms with van der Waals surface area (Å²) in [5.41, 5.74) is 5.27. The van der Waals surface area contributed by atoms with E-state index < -0.39 is 46.8 Å². The van der Waals surface area contributed by atoms with Crippen molar-refractivity contribution in [3.8, 4) is 11.5 Å². The number of hydrogen-bond donors (Lipinski definition) is 2. The molecular formula is C45H42Cl2N4O6. The Kier molecular flexibility index (Phi) is 9.62. The summed E-state index contributed by atoms with van der Waals surface area (Å²) in [6.45, 7) is 2.35. The maximum atomic E-state index is 15.4. The van der Waals surface area contributed by atoms with Gasteiger partial charge >= 0.3 is 0 Å². The molecule has 4 fully saturated rings. The van der Waals surface area contributed by atoms with Crippen LogP contribution in [0.15, 0.2) is 109 Å². The zero-order valence-corrected chi connectivity index (χ0v) is 32.8. The zero-order valence-electron chi connectivity index (χ0n) is 31.3. The van der Waals surface area contributed by atoms with Gasteiger partial charge in [0.15, 0.2) is 0 Å². The van der Waals surface area contributed by atoms with Gasteiger partial charge in [-0.1, -0.05) is 89.4 Å². The number of nitrogens with one attached hydrogen (secondary N) is 1. The number of amides is 4. The zero-order chi connectivity index (χ0) is 39.6. The molecule has 0 radical (unpaired) electrons. The van der Waals surface area contributed by atoms with Gasteiger partial charge in [0.25, 0.3) is 11.8 Å². The number of methoxy groups -OCH3 is 1. The molecule has 4 amide bonds. The number of nitrogens with zero attached hydrogens (tertiary/aromatic N) is 3. The van der Waals surface area contributed by atoms with E-state index in [-0.39, 0.29) is 35.0 Å². The normalized spacial score (nSPS) is 27.6. The highest BCUT2D eigenvalue weighted by Gasteiger charge is 2.70. The molecule has 0 bridgehead atoms. The number of halogens is 2. The van der Waals surface area contributed by atoms with E-state index in [1.807, 2.05) is 36.4 Å². The maximum Gasteiger partial charge on any atom is 0.260 e. The van der Waals surface area contributed by atoms with E-state index in [0.717, 1.165) is 30.2 Å². The van der Waals surface area contributed by atoms with Crippen LogP contribution in [0.3, 0.4) is 0 Å². The molecule has 10 nitrogen and oxygen atoms in total. The fraction of sp³-hybridized carbons (Fsp3) is 0.333. The number of rotatable bonds is 8. The average molecular weight is 806 g/mol. The number of aromatic hydroxyl groups is 1. The van der Waals surface area contributed by atoms with Gasteiger partial charge in [-0.15, -0.1) is 0 Å². The summed E-state index contributed by atoms with van der Waals surface area (Å²) in [6.07, 6.45) is 3.94. The fourth-order valence-corrected chi connectivity index (χ4v) is 10.9. The molecule has 9 rings (SSSR count). The van der Waals surface area contributed by atoms with Gasteiger partial charge in [0.2, 0.25) is 11.8 Å². The molecule has 2 aliphatic carbocycles. The first-order chi connectivity index (χ1) is 27.6. The first-order valence-corrected chi connectivity index (χ1v) is 20.2. The number of carbonyl (C=O) groups excluding carboxylic acids is 4. The van der Waals surface area contributed by atoms with Crippen molar-refractivity contribution in [1.29, 1.82) is 0 Å². The Bertz CT molecular complexity index is 2280. The number of ether oxygens (including phenoxy) is 1. The Morgan fingerprint density at radius 3 is 2.25 bits per heavy atom. The average Bonchev–Trinajstić information content (AvgIpc) is 3.60. The number of fused-ring (bicyclic) bond motifs is 4. The number of imide groups is 2. The van der Waals surface area contributed by atoms with Crippen molar-refractivity contribution in [3.05, 3.63) is 135 Å². The SMILES string of the molecule is COc1ccc([C@@]23C(=O)N(Nc4ccc(Cl)cc4Cl)C(=O)[C@@H]2C[C@@H]2C(=CC[C@@H]4C(=O)N(C5CCN(Cc6ccccc6)CC5)C(=O)[C@@H]42)[C@@H]3c2ccc(O)cc2)cc1. The minimum Gasteiger partial charge on any atom is -0.508 e. The first-order valence-electron chi connectivity index (χ1n) is 19.5. The summed E-state index contributed by atoms with van der Waals surface area (Å²) in [5.74, 6) is -4.04. The van der Waals surface area contributed by atoms with Gasteiger partial charge in [0, 0.05) is 36.6 Å². The van der Waals surface area contributed by atoms with Crippen LogP contribution in [0.2, 0.25) is 10.0 Å². The van der Waals surface area contributed by atoms with Crippen LogP contribution in [0.1, 0.15) is 48.3 Å². The molecule has 3 saturated heterocycles. The summed E-state index contributed by atoms with van der Waals surface area (Å²) in [7, 11) is 1.56. The largest absolute Gasteiger partial charge is 0.508 e. The Morgan fingerprint density at radius 1 is 0.842 bits per heavy atom. The molecule has 57 heavy (non-hydrogen) atoms. The van der Waals surface area contributed by atoms with Crippen molar-refractivity contribution in [3.63, 3.8) is 0 Å². The van der Waals surface area contributed by atoms with Gasteiger partial charge < -0.3 is 9.84 Å². The Balaban J connectivity index is 1.11. The number of phenolic OH excluding ortho intramolecular Hbond substituents is 1. The highest BCUT2D eigenvalue weighted by atomic mass is 35.5. The second-order valence-electron chi connectivity index (χ2n) is 15.8. The van der Waals surface area contributed by atoms with E-state index in [1.54, 1.807) is 60.5 Å². The monoisotopic (exact) mass is 804 g/mol. The van der Waals surface area contributed by atoms with Crippen LogP contribution in [0.4, 0.5) is 5.69 Å². The number of phenols is 1. The molecule has 4 aromatic carbocycles. The van der Waals surface area contributed by atoms with E-state index in [1.165, 1.54) is 11.6 Å². The summed E-state index contributed by atoms with van der Waals surface area (Å²) in [5, 5.41) is 12.1. The predicted molar refractivity (Wildman–Crippen MR) is 215 cm³/mol. The molecule has 2 N–H and O–H groups in total. The number of hydrazine groups is 1. The van der Waals surface area contributed by atoms with Gasteiger partial charge in [-0.25, -0.2) is 0 Å². The third kappa shape index (κ3) is 6.11. The first kappa shape index (κ1) is 37.4. The van der Waals surface area contributed by atoms with E-state index in [2.05, 4.69) is 22.5 Å². The van der Waals surface area contributed by atoms with Crippen molar-refractivity contribution < 1.29 is 29.0 Å². The minimum absolute atomic E-state index is 0.0513. The molecule has 3 heterocycles.